The van der Waals surface area contributed by atoms with E-state index in [0.717, 1.165) is 33.4 Å². The molecule has 0 bridgehead atoms. The molecule has 0 atom stereocenters. The molecule has 0 saturated carbocycles. The van der Waals surface area contributed by atoms with Crippen LogP contribution in [0.25, 0.3) is 33.4 Å². The summed E-state index contributed by atoms with van der Waals surface area (Å²) in [6.07, 6.45) is 3.47. The Balaban J connectivity index is 1.83. The molecule has 0 amide bonds. The number of rotatable bonds is 3. The number of pyridine rings is 1. The van der Waals surface area contributed by atoms with E-state index in [1.54, 1.807) is 10.7 Å². The molecule has 0 N–H and O–H groups in total. The zero-order valence-corrected chi connectivity index (χ0v) is 18.3. The van der Waals surface area contributed by atoms with Gasteiger partial charge in [0, 0.05) is 0 Å². The van der Waals surface area contributed by atoms with Gasteiger partial charge in [0.1, 0.15) is 0 Å². The monoisotopic (exact) mass is 415 g/mol. The van der Waals surface area contributed by atoms with Crippen molar-refractivity contribution in [2.45, 2.75) is 24.2 Å². The van der Waals surface area contributed by atoms with Crippen LogP contribution in [-0.4, -0.2) is 28.2 Å². The van der Waals surface area contributed by atoms with Crippen LogP contribution in [0.2, 0.25) is 17.3 Å². The molecule has 0 saturated heterocycles. The molecule has 2 aromatic heterocycles. The van der Waals surface area contributed by atoms with Crippen LogP contribution in [0.1, 0.15) is 5.56 Å². The second-order valence-corrected chi connectivity index (χ2v) is 18.5. The second kappa shape index (κ2) is 6.89. The molecule has 4 aromatic rings. The number of fused-ring (bicyclic) bond motifs is 1. The van der Waals surface area contributed by atoms with Gasteiger partial charge in [-0.1, -0.05) is 0 Å². The zero-order chi connectivity index (χ0) is 19.0. The number of hydrogen-bond donors (Lipinski definition) is 0. The number of benzene rings is 2. The number of aryl methyl sites for hydroxylation is 1. The van der Waals surface area contributed by atoms with Gasteiger partial charge in [0.2, 0.25) is 0 Å². The van der Waals surface area contributed by atoms with Crippen molar-refractivity contribution < 1.29 is 0 Å². The number of nitrogens with zero attached hydrogens (tertiary/aromatic N) is 3. The molecule has 0 fully saturated rings. The van der Waals surface area contributed by atoms with E-state index < -0.39 is 13.3 Å². The summed E-state index contributed by atoms with van der Waals surface area (Å²) in [4.78, 5) is 13.5. The van der Waals surface area contributed by atoms with Crippen LogP contribution in [0.5, 0.6) is 0 Å². The van der Waals surface area contributed by atoms with E-state index >= 15 is 0 Å². The zero-order valence-electron chi connectivity index (χ0n) is 16.2. The first-order valence-electron chi connectivity index (χ1n) is 9.21. The van der Waals surface area contributed by atoms with Gasteiger partial charge in [-0.15, -0.1) is 0 Å². The molecule has 2 aromatic carbocycles. The van der Waals surface area contributed by atoms with Crippen LogP contribution in [0.3, 0.4) is 0 Å². The Morgan fingerprint density at radius 3 is 2.30 bits per heavy atom. The molecule has 0 radical (unpaired) electrons. The van der Waals surface area contributed by atoms with E-state index in [0.29, 0.717) is 0 Å². The van der Waals surface area contributed by atoms with Gasteiger partial charge in [0.15, 0.2) is 0 Å². The first kappa shape index (κ1) is 17.9. The van der Waals surface area contributed by atoms with Crippen LogP contribution >= 0.6 is 0 Å². The molecule has 0 spiro atoms. The molecule has 4 heteroatoms. The molecule has 0 aliphatic rings. The van der Waals surface area contributed by atoms with Gasteiger partial charge in [0.25, 0.3) is 0 Å². The summed E-state index contributed by atoms with van der Waals surface area (Å²) in [6, 6.07) is 19.1. The van der Waals surface area contributed by atoms with E-state index in [-0.39, 0.29) is 0 Å². The summed E-state index contributed by atoms with van der Waals surface area (Å²) in [5.74, 6) is 7.30. The van der Waals surface area contributed by atoms with Gasteiger partial charge in [-0.05, 0) is 6.07 Å². The normalized spacial score (nSPS) is 11.7. The maximum absolute atomic E-state index is 4.60. The third kappa shape index (κ3) is 3.52. The van der Waals surface area contributed by atoms with Crippen molar-refractivity contribution in [3.05, 3.63) is 72.7 Å². The van der Waals surface area contributed by atoms with Gasteiger partial charge in [0.05, 0.1) is 0 Å². The van der Waals surface area contributed by atoms with Crippen molar-refractivity contribution in [3.63, 3.8) is 0 Å². The summed E-state index contributed by atoms with van der Waals surface area (Å²) < 4.78 is 1.55. The SMILES string of the molecule is Cc1cc(-c2ncnc3cc(-c4ccccn4)ccc23)cc[c]1[Ge]([CH3])([CH3])[CH3]. The first-order valence-corrected chi connectivity index (χ1v) is 16.6. The van der Waals surface area contributed by atoms with Crippen molar-refractivity contribution in [1.29, 1.82) is 0 Å². The fraction of sp³-hybridized carbons (Fsp3) is 0.174. The van der Waals surface area contributed by atoms with E-state index in [2.05, 4.69) is 75.5 Å². The van der Waals surface area contributed by atoms with Crippen LogP contribution in [0, 0.1) is 6.92 Å². The third-order valence-electron chi connectivity index (χ3n) is 4.91. The Morgan fingerprint density at radius 2 is 1.59 bits per heavy atom. The molecule has 134 valence electrons. The summed E-state index contributed by atoms with van der Waals surface area (Å²) in [6.45, 7) is 2.22. The number of hydrogen-bond acceptors (Lipinski definition) is 3. The molecule has 4 rings (SSSR count). The molecule has 0 unspecified atom stereocenters. The van der Waals surface area contributed by atoms with Gasteiger partial charge in [-0.2, -0.15) is 0 Å². The second-order valence-electron chi connectivity index (χ2n) is 7.95. The molecule has 3 nitrogen and oxygen atoms in total. The summed E-state index contributed by atoms with van der Waals surface area (Å²) in [7, 11) is 0. The fourth-order valence-corrected chi connectivity index (χ4v) is 7.49. The van der Waals surface area contributed by atoms with Crippen LogP contribution in [0.15, 0.2) is 67.1 Å². The van der Waals surface area contributed by atoms with Crippen molar-refractivity contribution in [1.82, 2.24) is 15.0 Å². The van der Waals surface area contributed by atoms with Gasteiger partial charge in [-0.3, -0.25) is 0 Å². The fourth-order valence-electron chi connectivity index (χ4n) is 3.63. The predicted octanol–water partition coefficient (Wildman–Crippen LogP) is 5.21. The predicted molar refractivity (Wildman–Crippen MR) is 116 cm³/mol. The van der Waals surface area contributed by atoms with E-state index in [9.17, 15) is 0 Å². The molecule has 2 heterocycles. The van der Waals surface area contributed by atoms with E-state index in [1.165, 1.54) is 5.56 Å². The van der Waals surface area contributed by atoms with Gasteiger partial charge >= 0.3 is 157 Å². The first-order chi connectivity index (χ1) is 12.9. The van der Waals surface area contributed by atoms with Crippen LogP contribution in [0.4, 0.5) is 0 Å². The Morgan fingerprint density at radius 1 is 0.778 bits per heavy atom. The van der Waals surface area contributed by atoms with Crippen LogP contribution in [-0.2, 0) is 0 Å². The van der Waals surface area contributed by atoms with E-state index in [1.807, 2.05) is 24.4 Å². The minimum absolute atomic E-state index is 0.943. The Kier molecular flexibility index (Phi) is 4.56. The molecule has 27 heavy (non-hydrogen) atoms. The summed E-state index contributed by atoms with van der Waals surface area (Å²) >= 11 is -1.86. The average molecular weight is 414 g/mol. The Hall–Kier alpha value is -2.53. The number of aromatic nitrogens is 3. The summed E-state index contributed by atoms with van der Waals surface area (Å²) in [5.41, 5.74) is 6.48. The average Bonchev–Trinajstić information content (AvgIpc) is 2.66. The quantitative estimate of drug-likeness (QED) is 0.432. The molecular formula is C23H23GeN3. The van der Waals surface area contributed by atoms with Gasteiger partial charge < -0.3 is 0 Å². The van der Waals surface area contributed by atoms with Crippen molar-refractivity contribution in [2.24, 2.45) is 0 Å². The van der Waals surface area contributed by atoms with Crippen molar-refractivity contribution in [3.8, 4) is 22.5 Å². The third-order valence-corrected chi connectivity index (χ3v) is 9.47. The van der Waals surface area contributed by atoms with Crippen molar-refractivity contribution in [2.75, 3.05) is 0 Å². The molecule has 0 aliphatic heterocycles. The van der Waals surface area contributed by atoms with Crippen LogP contribution < -0.4 is 4.40 Å². The Labute approximate surface area is 162 Å². The Bertz CT molecular complexity index is 1120. The van der Waals surface area contributed by atoms with Crippen molar-refractivity contribution >= 4 is 28.6 Å². The summed E-state index contributed by atoms with van der Waals surface area (Å²) in [5, 5.41) is 1.07. The maximum atomic E-state index is 4.60. The standard InChI is InChI=1S/C23H23GeN3/c1-16-13-18(9-11-20(16)24(2,3)4)23-19-10-8-17(14-22(19)26-15-27-23)21-7-5-6-12-25-21/h5-15H,1-4H3. The minimum atomic E-state index is -1.86. The molecular weight excluding hydrogens is 391 g/mol. The molecule has 0 aliphatic carbocycles. The van der Waals surface area contributed by atoms with E-state index in [4.69, 9.17) is 0 Å². The topological polar surface area (TPSA) is 38.7 Å². The van der Waals surface area contributed by atoms with Gasteiger partial charge in [-0.25, -0.2) is 0 Å².